The number of carbonyl (C=O) groups is 4. The molecular weight excluding hydrogens is 417 g/mol. The van der Waals surface area contributed by atoms with Crippen LogP contribution in [0.1, 0.15) is 33.5 Å². The first kappa shape index (κ1) is 22.0. The van der Waals surface area contributed by atoms with E-state index in [0.717, 1.165) is 31.4 Å². The Morgan fingerprint density at radius 3 is 2.23 bits per heavy atom. The van der Waals surface area contributed by atoms with Crippen LogP contribution in [0.25, 0.3) is 0 Å². The summed E-state index contributed by atoms with van der Waals surface area (Å²) < 4.78 is 43.2. The number of alkyl halides is 3. The van der Waals surface area contributed by atoms with Crippen LogP contribution in [0.4, 0.5) is 13.2 Å². The van der Waals surface area contributed by atoms with Crippen molar-refractivity contribution in [2.75, 3.05) is 7.11 Å². The highest BCUT2D eigenvalue weighted by atomic mass is 19.4. The molecule has 1 atom stereocenters. The molecule has 3 rings (SSSR count). The predicted molar refractivity (Wildman–Crippen MR) is 100 cm³/mol. The number of esters is 1. The first-order valence-corrected chi connectivity index (χ1v) is 9.01. The number of fused-ring (bicyclic) bond motifs is 1. The summed E-state index contributed by atoms with van der Waals surface area (Å²) in [5.41, 5.74) is 2.41. The second-order valence-corrected chi connectivity index (χ2v) is 6.98. The minimum absolute atomic E-state index is 0.0133. The SMILES string of the molecule is COC(=O)C1(CC(N)=O)C(=O)N(Cc2ccc(C(F)(F)F)cc2)C(=O)c2ccccc21. The van der Waals surface area contributed by atoms with Gasteiger partial charge >= 0.3 is 12.1 Å². The average Bonchev–Trinajstić information content (AvgIpc) is 2.73. The third-order valence-electron chi connectivity index (χ3n) is 5.07. The molecule has 162 valence electrons. The van der Waals surface area contributed by atoms with Crippen molar-refractivity contribution < 1.29 is 37.1 Å². The fraction of sp³-hybridized carbons (Fsp3) is 0.238. The van der Waals surface area contributed by atoms with Gasteiger partial charge < -0.3 is 10.5 Å². The normalized spacial score (nSPS) is 18.5. The highest BCUT2D eigenvalue weighted by molar-refractivity contribution is 6.22. The molecular formula is C21H17F3N2O5. The van der Waals surface area contributed by atoms with E-state index in [2.05, 4.69) is 0 Å². The first-order valence-electron chi connectivity index (χ1n) is 9.01. The van der Waals surface area contributed by atoms with Gasteiger partial charge in [0.1, 0.15) is 0 Å². The summed E-state index contributed by atoms with van der Waals surface area (Å²) in [6, 6.07) is 9.62. The van der Waals surface area contributed by atoms with Crippen LogP contribution in [0.15, 0.2) is 48.5 Å². The average molecular weight is 434 g/mol. The monoisotopic (exact) mass is 434 g/mol. The molecule has 3 amide bonds. The second-order valence-electron chi connectivity index (χ2n) is 6.98. The molecule has 0 radical (unpaired) electrons. The number of hydrogen-bond donors (Lipinski definition) is 1. The van der Waals surface area contributed by atoms with Crippen molar-refractivity contribution in [3.63, 3.8) is 0 Å². The van der Waals surface area contributed by atoms with Crippen molar-refractivity contribution >= 4 is 23.7 Å². The number of imide groups is 1. The molecule has 7 nitrogen and oxygen atoms in total. The Morgan fingerprint density at radius 2 is 1.68 bits per heavy atom. The van der Waals surface area contributed by atoms with Crippen LogP contribution < -0.4 is 5.73 Å². The Hall–Kier alpha value is -3.69. The molecule has 0 spiro atoms. The molecule has 2 aromatic carbocycles. The van der Waals surface area contributed by atoms with Crippen LogP contribution in [-0.2, 0) is 37.3 Å². The number of benzene rings is 2. The van der Waals surface area contributed by atoms with Crippen molar-refractivity contribution in [1.82, 2.24) is 4.90 Å². The molecule has 1 heterocycles. The summed E-state index contributed by atoms with van der Waals surface area (Å²) in [7, 11) is 1.03. The topological polar surface area (TPSA) is 107 Å². The van der Waals surface area contributed by atoms with E-state index in [1.165, 1.54) is 24.3 Å². The van der Waals surface area contributed by atoms with Crippen molar-refractivity contribution in [3.8, 4) is 0 Å². The van der Waals surface area contributed by atoms with Gasteiger partial charge in [0, 0.05) is 5.56 Å². The van der Waals surface area contributed by atoms with Crippen LogP contribution in [0.2, 0.25) is 0 Å². The van der Waals surface area contributed by atoms with Crippen molar-refractivity contribution in [2.45, 2.75) is 24.6 Å². The van der Waals surface area contributed by atoms with Crippen LogP contribution in [0.5, 0.6) is 0 Å². The summed E-state index contributed by atoms with van der Waals surface area (Å²) in [6.07, 6.45) is -5.29. The number of methoxy groups -OCH3 is 1. The highest BCUT2D eigenvalue weighted by Crippen LogP contribution is 2.39. The lowest BCUT2D eigenvalue weighted by molar-refractivity contribution is -0.158. The number of rotatable bonds is 5. The van der Waals surface area contributed by atoms with Crippen LogP contribution >= 0.6 is 0 Å². The predicted octanol–water partition coefficient (Wildman–Crippen LogP) is 2.17. The molecule has 1 aliphatic heterocycles. The maximum absolute atomic E-state index is 13.4. The molecule has 0 saturated heterocycles. The molecule has 2 N–H and O–H groups in total. The largest absolute Gasteiger partial charge is 0.468 e. The maximum Gasteiger partial charge on any atom is 0.416 e. The van der Waals surface area contributed by atoms with E-state index in [0.29, 0.717) is 4.90 Å². The molecule has 2 aromatic rings. The summed E-state index contributed by atoms with van der Waals surface area (Å²) >= 11 is 0. The Labute approximate surface area is 174 Å². The van der Waals surface area contributed by atoms with Gasteiger partial charge in [-0.1, -0.05) is 30.3 Å². The van der Waals surface area contributed by atoms with Crippen molar-refractivity contribution in [2.24, 2.45) is 5.73 Å². The summed E-state index contributed by atoms with van der Waals surface area (Å²) in [4.78, 5) is 51.6. The fourth-order valence-electron chi connectivity index (χ4n) is 3.63. The van der Waals surface area contributed by atoms with Crippen LogP contribution in [0, 0.1) is 0 Å². The zero-order chi connectivity index (χ0) is 23.0. The molecule has 0 fully saturated rings. The van der Waals surface area contributed by atoms with Gasteiger partial charge in [0.15, 0.2) is 5.41 Å². The van der Waals surface area contributed by atoms with Gasteiger partial charge in [-0.25, -0.2) is 0 Å². The third kappa shape index (κ3) is 3.76. The first-order chi connectivity index (χ1) is 14.5. The number of hydrogen-bond acceptors (Lipinski definition) is 5. The van der Waals surface area contributed by atoms with Gasteiger partial charge in [-0.15, -0.1) is 0 Å². The quantitative estimate of drug-likeness (QED) is 0.441. The fourth-order valence-corrected chi connectivity index (χ4v) is 3.63. The minimum atomic E-state index is -4.55. The number of primary amides is 1. The van der Waals surface area contributed by atoms with E-state index in [1.54, 1.807) is 0 Å². The number of ether oxygens (including phenoxy) is 1. The van der Waals surface area contributed by atoms with E-state index in [-0.39, 0.29) is 16.7 Å². The standard InChI is InChI=1S/C21H17F3N2O5/c1-31-19(30)20(10-16(25)27)15-5-3-2-4-14(15)17(28)26(18(20)29)11-12-6-8-13(9-7-12)21(22,23)24/h2-9H,10-11H2,1H3,(H2,25,27). The number of nitrogens with zero attached hydrogens (tertiary/aromatic N) is 1. The molecule has 10 heteroatoms. The molecule has 0 bridgehead atoms. The Kier molecular flexibility index (Phi) is 5.58. The minimum Gasteiger partial charge on any atom is -0.468 e. The van der Waals surface area contributed by atoms with E-state index < -0.39 is 53.8 Å². The number of amides is 3. The van der Waals surface area contributed by atoms with Crippen molar-refractivity contribution in [1.29, 1.82) is 0 Å². The number of carbonyl (C=O) groups excluding carboxylic acids is 4. The second kappa shape index (κ2) is 7.86. The van der Waals surface area contributed by atoms with Crippen LogP contribution in [-0.4, -0.2) is 35.7 Å². The lowest BCUT2D eigenvalue weighted by Gasteiger charge is -2.39. The molecule has 0 aromatic heterocycles. The Bertz CT molecular complexity index is 1070. The Balaban J connectivity index is 2.10. The summed E-state index contributed by atoms with van der Waals surface area (Å²) in [6.45, 7) is -0.415. The number of halogens is 3. The third-order valence-corrected chi connectivity index (χ3v) is 5.07. The zero-order valence-electron chi connectivity index (χ0n) is 16.2. The van der Waals surface area contributed by atoms with Gasteiger partial charge in [-0.05, 0) is 29.3 Å². The van der Waals surface area contributed by atoms with E-state index in [4.69, 9.17) is 10.5 Å². The van der Waals surface area contributed by atoms with Crippen LogP contribution in [0.3, 0.4) is 0 Å². The maximum atomic E-state index is 13.4. The molecule has 31 heavy (non-hydrogen) atoms. The lowest BCUT2D eigenvalue weighted by atomic mass is 9.71. The van der Waals surface area contributed by atoms with Gasteiger partial charge in [0.05, 0.1) is 25.6 Å². The molecule has 1 unspecified atom stereocenters. The smallest absolute Gasteiger partial charge is 0.416 e. The summed E-state index contributed by atoms with van der Waals surface area (Å²) in [5.74, 6) is -3.85. The molecule has 0 aliphatic carbocycles. The Morgan fingerprint density at radius 1 is 1.06 bits per heavy atom. The van der Waals surface area contributed by atoms with Gasteiger partial charge in [0.25, 0.3) is 11.8 Å². The molecule has 0 saturated carbocycles. The van der Waals surface area contributed by atoms with E-state index in [1.807, 2.05) is 0 Å². The van der Waals surface area contributed by atoms with Gasteiger partial charge in [0.2, 0.25) is 5.91 Å². The van der Waals surface area contributed by atoms with Crippen molar-refractivity contribution in [3.05, 3.63) is 70.8 Å². The zero-order valence-corrected chi connectivity index (χ0v) is 16.2. The van der Waals surface area contributed by atoms with Gasteiger partial charge in [-0.3, -0.25) is 24.1 Å². The van der Waals surface area contributed by atoms with Gasteiger partial charge in [-0.2, -0.15) is 13.2 Å². The lowest BCUT2D eigenvalue weighted by Crippen LogP contribution is -2.59. The molecule has 1 aliphatic rings. The number of nitrogens with two attached hydrogens (primary N) is 1. The summed E-state index contributed by atoms with van der Waals surface area (Å²) in [5, 5.41) is 0. The highest BCUT2D eigenvalue weighted by Gasteiger charge is 2.57. The van der Waals surface area contributed by atoms with E-state index >= 15 is 0 Å². The van der Waals surface area contributed by atoms with E-state index in [9.17, 15) is 32.3 Å².